The molecule has 1 N–H and O–H groups in total. The van der Waals surface area contributed by atoms with Crippen molar-refractivity contribution in [3.05, 3.63) is 0 Å². The van der Waals surface area contributed by atoms with Crippen LogP contribution >= 0.6 is 0 Å². The molecule has 1 fully saturated rings. The number of nitrogens with zero attached hydrogens (tertiary/aromatic N) is 1. The predicted octanol–water partition coefficient (Wildman–Crippen LogP) is 1.96. The molecular formula is C12H26N2. The Hall–Kier alpha value is -0.0800. The highest BCUT2D eigenvalue weighted by Crippen LogP contribution is 2.17. The van der Waals surface area contributed by atoms with Crippen LogP contribution in [0.25, 0.3) is 0 Å². The molecule has 0 aromatic rings. The van der Waals surface area contributed by atoms with Gasteiger partial charge in [0, 0.05) is 25.2 Å². The molecule has 1 aliphatic heterocycles. The molecule has 0 radical (unpaired) electrons. The van der Waals surface area contributed by atoms with Crippen LogP contribution in [0.15, 0.2) is 0 Å². The first-order valence-corrected chi connectivity index (χ1v) is 6.03. The molecule has 2 atom stereocenters. The molecular weight excluding hydrogens is 172 g/mol. The van der Waals surface area contributed by atoms with Gasteiger partial charge in [-0.05, 0) is 18.4 Å². The standard InChI is InChI=1S/C12H26N2/c1-6-14-8-11(9(2)3)13-7-12(14)10(4)5/h9-13H,6-8H2,1-5H3. The third kappa shape index (κ3) is 2.71. The lowest BCUT2D eigenvalue weighted by Gasteiger charge is -2.43. The quantitative estimate of drug-likeness (QED) is 0.746. The Labute approximate surface area is 89.1 Å². The molecule has 0 saturated carbocycles. The molecule has 2 heteroatoms. The van der Waals surface area contributed by atoms with Crippen LogP contribution in [0.1, 0.15) is 34.6 Å². The molecule has 0 aromatic carbocycles. The Bertz CT molecular complexity index is 166. The Morgan fingerprint density at radius 3 is 2.29 bits per heavy atom. The number of piperazine rings is 1. The minimum Gasteiger partial charge on any atom is -0.311 e. The fourth-order valence-electron chi connectivity index (χ4n) is 2.32. The fraction of sp³-hybridized carbons (Fsp3) is 1.00. The van der Waals surface area contributed by atoms with Gasteiger partial charge in [-0.25, -0.2) is 0 Å². The van der Waals surface area contributed by atoms with Gasteiger partial charge >= 0.3 is 0 Å². The van der Waals surface area contributed by atoms with Gasteiger partial charge in [0.2, 0.25) is 0 Å². The number of nitrogens with one attached hydrogen (secondary N) is 1. The fourth-order valence-corrected chi connectivity index (χ4v) is 2.32. The first kappa shape index (κ1) is 12.0. The predicted molar refractivity (Wildman–Crippen MR) is 62.5 cm³/mol. The summed E-state index contributed by atoms with van der Waals surface area (Å²) in [7, 11) is 0. The normalized spacial score (nSPS) is 30.2. The summed E-state index contributed by atoms with van der Waals surface area (Å²) < 4.78 is 0. The van der Waals surface area contributed by atoms with Crippen molar-refractivity contribution >= 4 is 0 Å². The summed E-state index contributed by atoms with van der Waals surface area (Å²) in [6.07, 6.45) is 0. The van der Waals surface area contributed by atoms with Gasteiger partial charge in [-0.15, -0.1) is 0 Å². The molecule has 2 unspecified atom stereocenters. The van der Waals surface area contributed by atoms with Crippen LogP contribution in [-0.2, 0) is 0 Å². The zero-order chi connectivity index (χ0) is 10.7. The average molecular weight is 198 g/mol. The van der Waals surface area contributed by atoms with Crippen LogP contribution in [-0.4, -0.2) is 36.6 Å². The van der Waals surface area contributed by atoms with E-state index in [1.807, 2.05) is 0 Å². The maximum Gasteiger partial charge on any atom is 0.0244 e. The summed E-state index contributed by atoms with van der Waals surface area (Å²) in [5.74, 6) is 1.51. The molecule has 0 amide bonds. The summed E-state index contributed by atoms with van der Waals surface area (Å²) in [6, 6.07) is 1.42. The minimum atomic E-state index is 0.685. The van der Waals surface area contributed by atoms with Gasteiger partial charge in [0.1, 0.15) is 0 Å². The van der Waals surface area contributed by atoms with E-state index in [0.717, 1.165) is 24.4 Å². The third-order valence-electron chi connectivity index (χ3n) is 3.47. The second-order valence-electron chi connectivity index (χ2n) is 5.16. The minimum absolute atomic E-state index is 0.685. The number of hydrogen-bond acceptors (Lipinski definition) is 2. The van der Waals surface area contributed by atoms with Crippen molar-refractivity contribution in [3.63, 3.8) is 0 Å². The van der Waals surface area contributed by atoms with Crippen molar-refractivity contribution in [1.82, 2.24) is 10.2 Å². The van der Waals surface area contributed by atoms with Crippen molar-refractivity contribution in [1.29, 1.82) is 0 Å². The van der Waals surface area contributed by atoms with Crippen LogP contribution in [0.4, 0.5) is 0 Å². The molecule has 0 bridgehead atoms. The Morgan fingerprint density at radius 2 is 1.86 bits per heavy atom. The summed E-state index contributed by atoms with van der Waals surface area (Å²) in [5, 5.41) is 3.67. The van der Waals surface area contributed by atoms with E-state index in [-0.39, 0.29) is 0 Å². The molecule has 1 saturated heterocycles. The largest absolute Gasteiger partial charge is 0.311 e. The van der Waals surface area contributed by atoms with Gasteiger partial charge in [0.25, 0.3) is 0 Å². The molecule has 2 nitrogen and oxygen atoms in total. The number of hydrogen-bond donors (Lipinski definition) is 1. The summed E-state index contributed by atoms with van der Waals surface area (Å²) >= 11 is 0. The molecule has 0 aromatic heterocycles. The number of likely N-dealkylation sites (N-methyl/N-ethyl adjacent to an activating group) is 1. The van der Waals surface area contributed by atoms with Gasteiger partial charge < -0.3 is 5.32 Å². The highest BCUT2D eigenvalue weighted by Gasteiger charge is 2.29. The first-order valence-electron chi connectivity index (χ1n) is 6.03. The lowest BCUT2D eigenvalue weighted by atomic mass is 9.94. The Kier molecular flexibility index (Phi) is 4.39. The molecule has 1 aliphatic rings. The van der Waals surface area contributed by atoms with Crippen molar-refractivity contribution in [2.45, 2.75) is 46.7 Å². The van der Waals surface area contributed by atoms with E-state index in [1.165, 1.54) is 13.1 Å². The van der Waals surface area contributed by atoms with Gasteiger partial charge in [-0.3, -0.25) is 4.90 Å². The van der Waals surface area contributed by atoms with Crippen molar-refractivity contribution < 1.29 is 0 Å². The van der Waals surface area contributed by atoms with Gasteiger partial charge in [-0.2, -0.15) is 0 Å². The van der Waals surface area contributed by atoms with Crippen LogP contribution < -0.4 is 5.32 Å². The monoisotopic (exact) mass is 198 g/mol. The Morgan fingerprint density at radius 1 is 1.21 bits per heavy atom. The molecule has 1 rings (SSSR count). The highest BCUT2D eigenvalue weighted by atomic mass is 15.2. The Balaban J connectivity index is 2.54. The maximum absolute atomic E-state index is 3.67. The maximum atomic E-state index is 3.67. The van der Waals surface area contributed by atoms with E-state index in [4.69, 9.17) is 0 Å². The molecule has 14 heavy (non-hydrogen) atoms. The second-order valence-corrected chi connectivity index (χ2v) is 5.16. The van der Waals surface area contributed by atoms with Gasteiger partial charge in [0.05, 0.1) is 0 Å². The number of rotatable bonds is 3. The first-order chi connectivity index (χ1) is 6.56. The van der Waals surface area contributed by atoms with E-state index in [0.29, 0.717) is 6.04 Å². The SMILES string of the molecule is CCN1CC(C(C)C)NCC1C(C)C. The smallest absolute Gasteiger partial charge is 0.0244 e. The molecule has 84 valence electrons. The van der Waals surface area contributed by atoms with E-state index >= 15 is 0 Å². The lowest BCUT2D eigenvalue weighted by Crippen LogP contribution is -2.59. The lowest BCUT2D eigenvalue weighted by molar-refractivity contribution is 0.0907. The second kappa shape index (κ2) is 5.13. The summed E-state index contributed by atoms with van der Waals surface area (Å²) in [6.45, 7) is 15.1. The van der Waals surface area contributed by atoms with Crippen molar-refractivity contribution in [2.75, 3.05) is 19.6 Å². The molecule has 0 aliphatic carbocycles. The molecule has 0 spiro atoms. The van der Waals surface area contributed by atoms with Crippen molar-refractivity contribution in [3.8, 4) is 0 Å². The highest BCUT2D eigenvalue weighted by molar-refractivity contribution is 4.88. The van der Waals surface area contributed by atoms with Crippen LogP contribution in [0.3, 0.4) is 0 Å². The third-order valence-corrected chi connectivity index (χ3v) is 3.47. The van der Waals surface area contributed by atoms with E-state index < -0.39 is 0 Å². The van der Waals surface area contributed by atoms with Crippen LogP contribution in [0.2, 0.25) is 0 Å². The average Bonchev–Trinajstić information content (AvgIpc) is 2.16. The zero-order valence-electron chi connectivity index (χ0n) is 10.4. The van der Waals surface area contributed by atoms with E-state index in [2.05, 4.69) is 44.8 Å². The van der Waals surface area contributed by atoms with Crippen molar-refractivity contribution in [2.24, 2.45) is 11.8 Å². The van der Waals surface area contributed by atoms with Crippen LogP contribution in [0, 0.1) is 11.8 Å². The van der Waals surface area contributed by atoms with E-state index in [1.54, 1.807) is 0 Å². The van der Waals surface area contributed by atoms with Gasteiger partial charge in [-0.1, -0.05) is 34.6 Å². The summed E-state index contributed by atoms with van der Waals surface area (Å²) in [5.41, 5.74) is 0. The summed E-state index contributed by atoms with van der Waals surface area (Å²) in [4.78, 5) is 2.63. The zero-order valence-corrected chi connectivity index (χ0v) is 10.4. The van der Waals surface area contributed by atoms with E-state index in [9.17, 15) is 0 Å². The molecule has 1 heterocycles. The van der Waals surface area contributed by atoms with Gasteiger partial charge in [0.15, 0.2) is 0 Å². The van der Waals surface area contributed by atoms with Crippen LogP contribution in [0.5, 0.6) is 0 Å². The topological polar surface area (TPSA) is 15.3 Å².